The molecule has 1 aromatic rings. The van der Waals surface area contributed by atoms with Crippen molar-refractivity contribution in [2.24, 2.45) is 5.92 Å². The zero-order valence-corrected chi connectivity index (χ0v) is 13.6. The van der Waals surface area contributed by atoms with Crippen molar-refractivity contribution in [3.8, 4) is 0 Å². The molecule has 1 fully saturated rings. The second-order valence-corrected chi connectivity index (χ2v) is 7.17. The van der Waals surface area contributed by atoms with Gasteiger partial charge >= 0.3 is 0 Å². The summed E-state index contributed by atoms with van der Waals surface area (Å²) in [5.74, 6) is 1.84. The van der Waals surface area contributed by atoms with Crippen LogP contribution in [0.2, 0.25) is 0 Å². The molecule has 0 aliphatic heterocycles. The van der Waals surface area contributed by atoms with E-state index < -0.39 is 0 Å². The number of benzene rings is 1. The Morgan fingerprint density at radius 2 is 1.95 bits per heavy atom. The van der Waals surface area contributed by atoms with Gasteiger partial charge in [-0.2, -0.15) is 0 Å². The lowest BCUT2D eigenvalue weighted by Gasteiger charge is -2.34. The number of nitrogens with one attached hydrogen (secondary N) is 1. The van der Waals surface area contributed by atoms with Crippen LogP contribution in [0.15, 0.2) is 24.3 Å². The Kier molecular flexibility index (Phi) is 5.35. The minimum absolute atomic E-state index is 0.732. The Bertz CT molecular complexity index is 433. The van der Waals surface area contributed by atoms with E-state index in [9.17, 15) is 0 Å². The lowest BCUT2D eigenvalue weighted by Crippen LogP contribution is -2.33. The lowest BCUT2D eigenvalue weighted by molar-refractivity contribution is 0.302. The summed E-state index contributed by atoms with van der Waals surface area (Å²) in [6, 6.07) is 9.76. The number of fused-ring (bicyclic) bond motifs is 1. The topological polar surface area (TPSA) is 12.0 Å². The normalized spacial score (nSPS) is 23.4. The molecule has 3 rings (SSSR count). The highest BCUT2D eigenvalue weighted by molar-refractivity contribution is 5.39. The van der Waals surface area contributed by atoms with Gasteiger partial charge in [0.05, 0.1) is 0 Å². The van der Waals surface area contributed by atoms with Gasteiger partial charge in [-0.25, -0.2) is 0 Å². The largest absolute Gasteiger partial charge is 0.314 e. The zero-order chi connectivity index (χ0) is 14.5. The lowest BCUT2D eigenvalue weighted by atomic mass is 9.73. The Morgan fingerprint density at radius 1 is 1.14 bits per heavy atom. The monoisotopic (exact) mass is 285 g/mol. The smallest absolute Gasteiger partial charge is 0.00729 e. The van der Waals surface area contributed by atoms with Crippen molar-refractivity contribution in [2.45, 2.75) is 76.7 Å². The molecule has 1 heteroatoms. The predicted octanol–water partition coefficient (Wildman–Crippen LogP) is 5.06. The molecule has 116 valence electrons. The quantitative estimate of drug-likeness (QED) is 0.738. The Balaban J connectivity index is 1.48. The molecule has 0 radical (unpaired) electrons. The molecular formula is C20H31N. The first-order valence-corrected chi connectivity index (χ1v) is 9.18. The van der Waals surface area contributed by atoms with E-state index in [4.69, 9.17) is 0 Å². The van der Waals surface area contributed by atoms with Crippen LogP contribution in [0.3, 0.4) is 0 Å². The van der Waals surface area contributed by atoms with Crippen LogP contribution in [-0.2, 0) is 6.42 Å². The van der Waals surface area contributed by atoms with E-state index in [1.807, 2.05) is 0 Å². The summed E-state index contributed by atoms with van der Waals surface area (Å²) in [5, 5.41) is 3.75. The van der Waals surface area contributed by atoms with Gasteiger partial charge in [-0.1, -0.05) is 63.3 Å². The molecule has 1 saturated carbocycles. The molecule has 2 atom stereocenters. The molecule has 0 aromatic heterocycles. The Morgan fingerprint density at radius 3 is 2.71 bits per heavy atom. The Hall–Kier alpha value is -0.820. The molecule has 1 nitrogen and oxygen atoms in total. The number of hydrogen-bond acceptors (Lipinski definition) is 1. The highest BCUT2D eigenvalue weighted by atomic mass is 14.9. The number of hydrogen-bond donors (Lipinski definition) is 1. The summed E-state index contributed by atoms with van der Waals surface area (Å²) < 4.78 is 0. The molecule has 2 unspecified atom stereocenters. The van der Waals surface area contributed by atoms with E-state index >= 15 is 0 Å². The van der Waals surface area contributed by atoms with Crippen molar-refractivity contribution in [1.82, 2.24) is 5.32 Å². The average Bonchev–Trinajstić information content (AvgIpc) is 2.51. The molecule has 2 aliphatic rings. The third kappa shape index (κ3) is 3.88. The summed E-state index contributed by atoms with van der Waals surface area (Å²) >= 11 is 0. The van der Waals surface area contributed by atoms with Gasteiger partial charge in [-0.05, 0) is 55.2 Å². The molecule has 1 aromatic carbocycles. The second kappa shape index (κ2) is 7.45. The van der Waals surface area contributed by atoms with Crippen molar-refractivity contribution in [1.29, 1.82) is 0 Å². The van der Waals surface area contributed by atoms with Crippen LogP contribution < -0.4 is 5.32 Å². The summed E-state index contributed by atoms with van der Waals surface area (Å²) in [7, 11) is 0. The van der Waals surface area contributed by atoms with E-state index in [-0.39, 0.29) is 0 Å². The van der Waals surface area contributed by atoms with Crippen LogP contribution >= 0.6 is 0 Å². The highest BCUT2D eigenvalue weighted by Gasteiger charge is 2.28. The van der Waals surface area contributed by atoms with E-state index in [1.54, 1.807) is 11.1 Å². The van der Waals surface area contributed by atoms with E-state index in [1.165, 1.54) is 57.8 Å². The molecule has 0 heterocycles. The molecule has 0 saturated heterocycles. The van der Waals surface area contributed by atoms with E-state index in [2.05, 4.69) is 36.5 Å². The minimum atomic E-state index is 0.732. The molecule has 0 spiro atoms. The third-order valence-corrected chi connectivity index (χ3v) is 5.67. The molecule has 2 aliphatic carbocycles. The van der Waals surface area contributed by atoms with E-state index in [0.29, 0.717) is 0 Å². The second-order valence-electron chi connectivity index (χ2n) is 7.17. The van der Waals surface area contributed by atoms with Gasteiger partial charge in [-0.15, -0.1) is 0 Å². The van der Waals surface area contributed by atoms with Crippen molar-refractivity contribution < 1.29 is 0 Å². The fourth-order valence-electron chi connectivity index (χ4n) is 4.42. The highest BCUT2D eigenvalue weighted by Crippen LogP contribution is 2.39. The molecule has 0 bridgehead atoms. The maximum atomic E-state index is 3.75. The maximum absolute atomic E-state index is 3.75. The van der Waals surface area contributed by atoms with Gasteiger partial charge in [0.15, 0.2) is 0 Å². The third-order valence-electron chi connectivity index (χ3n) is 5.67. The van der Waals surface area contributed by atoms with Crippen molar-refractivity contribution in [2.75, 3.05) is 6.54 Å². The van der Waals surface area contributed by atoms with Crippen molar-refractivity contribution in [3.63, 3.8) is 0 Å². The maximum Gasteiger partial charge on any atom is 0.00729 e. The molecule has 1 N–H and O–H groups in total. The summed E-state index contributed by atoms with van der Waals surface area (Å²) in [6.45, 7) is 3.37. The summed E-state index contributed by atoms with van der Waals surface area (Å²) in [4.78, 5) is 0. The van der Waals surface area contributed by atoms with Gasteiger partial charge in [0, 0.05) is 6.04 Å². The Labute approximate surface area is 130 Å². The fourth-order valence-corrected chi connectivity index (χ4v) is 4.42. The van der Waals surface area contributed by atoms with Crippen LogP contribution in [-0.4, -0.2) is 12.6 Å². The van der Waals surface area contributed by atoms with Crippen LogP contribution in [0.1, 0.15) is 75.3 Å². The summed E-state index contributed by atoms with van der Waals surface area (Å²) in [5.41, 5.74) is 3.21. The van der Waals surface area contributed by atoms with Gasteiger partial charge in [0.2, 0.25) is 0 Å². The van der Waals surface area contributed by atoms with E-state index in [0.717, 1.165) is 24.4 Å². The van der Waals surface area contributed by atoms with Gasteiger partial charge < -0.3 is 5.32 Å². The molecular weight excluding hydrogens is 254 g/mol. The minimum Gasteiger partial charge on any atom is -0.314 e. The van der Waals surface area contributed by atoms with Crippen LogP contribution in [0, 0.1) is 5.92 Å². The molecule has 0 amide bonds. The van der Waals surface area contributed by atoms with Crippen LogP contribution in [0.25, 0.3) is 0 Å². The SMILES string of the molecule is CCNC(CCC1CCCCC1)CC1Cc2ccccc21. The van der Waals surface area contributed by atoms with Crippen LogP contribution in [0.4, 0.5) is 0 Å². The first-order valence-electron chi connectivity index (χ1n) is 9.18. The van der Waals surface area contributed by atoms with Gasteiger partial charge in [0.1, 0.15) is 0 Å². The average molecular weight is 285 g/mol. The summed E-state index contributed by atoms with van der Waals surface area (Å²) in [6.07, 6.45) is 12.9. The van der Waals surface area contributed by atoms with Crippen LogP contribution in [0.5, 0.6) is 0 Å². The van der Waals surface area contributed by atoms with Gasteiger partial charge in [-0.3, -0.25) is 0 Å². The van der Waals surface area contributed by atoms with Crippen molar-refractivity contribution in [3.05, 3.63) is 35.4 Å². The van der Waals surface area contributed by atoms with Crippen molar-refractivity contribution >= 4 is 0 Å². The first kappa shape index (κ1) is 15.1. The zero-order valence-electron chi connectivity index (χ0n) is 13.6. The first-order chi connectivity index (χ1) is 10.4. The number of rotatable bonds is 7. The molecule has 21 heavy (non-hydrogen) atoms. The fraction of sp³-hybridized carbons (Fsp3) is 0.700. The predicted molar refractivity (Wildman–Crippen MR) is 90.8 cm³/mol. The standard InChI is InChI=1S/C20H31N/c1-2-21-19(13-12-16-8-4-3-5-9-16)15-18-14-17-10-6-7-11-20(17)18/h6-7,10-11,16,18-19,21H,2-5,8-9,12-15H2,1H3. The van der Waals surface area contributed by atoms with Gasteiger partial charge in [0.25, 0.3) is 0 Å².